The molecule has 0 aliphatic carbocycles. The quantitative estimate of drug-likeness (QED) is 0.713. The highest BCUT2D eigenvalue weighted by Gasteiger charge is 2.34. The van der Waals surface area contributed by atoms with Gasteiger partial charge < -0.3 is 14.4 Å². The minimum atomic E-state index is -3.08. The van der Waals surface area contributed by atoms with Gasteiger partial charge in [0.05, 0.1) is 29.7 Å². The predicted octanol–water partition coefficient (Wildman–Crippen LogP) is 0.599. The van der Waals surface area contributed by atoms with Gasteiger partial charge in [0, 0.05) is 19.7 Å². The van der Waals surface area contributed by atoms with Crippen LogP contribution in [0.25, 0.3) is 0 Å². The Morgan fingerprint density at radius 1 is 1.38 bits per heavy atom. The highest BCUT2D eigenvalue weighted by molar-refractivity contribution is 7.91. The Balaban J connectivity index is 1.97. The van der Waals surface area contributed by atoms with Crippen LogP contribution in [0.5, 0.6) is 5.75 Å². The molecule has 1 fully saturated rings. The summed E-state index contributed by atoms with van der Waals surface area (Å²) in [5.41, 5.74) is 0.506. The standard InChI is InChI=1S/C16H20N2O5S/c1-22-8-7-18(14-6-9-24(20,21)12-14)16(19)11-23-15-4-2-13(10-17)3-5-15/h2-5,14H,6-9,11-12H2,1H3/t14-/m1/s1. The number of rotatable bonds is 7. The average molecular weight is 352 g/mol. The van der Waals surface area contributed by atoms with Crippen LogP contribution >= 0.6 is 0 Å². The Morgan fingerprint density at radius 2 is 2.08 bits per heavy atom. The molecular weight excluding hydrogens is 332 g/mol. The van der Waals surface area contributed by atoms with Crippen LogP contribution < -0.4 is 4.74 Å². The van der Waals surface area contributed by atoms with Crippen LogP contribution in [0.1, 0.15) is 12.0 Å². The van der Waals surface area contributed by atoms with Crippen molar-refractivity contribution in [2.75, 3.05) is 38.4 Å². The van der Waals surface area contributed by atoms with Gasteiger partial charge >= 0.3 is 0 Å². The van der Waals surface area contributed by atoms with E-state index < -0.39 is 9.84 Å². The van der Waals surface area contributed by atoms with Crippen LogP contribution in [0.2, 0.25) is 0 Å². The van der Waals surface area contributed by atoms with Crippen LogP contribution in [-0.4, -0.2) is 63.6 Å². The van der Waals surface area contributed by atoms with Gasteiger partial charge in [-0.3, -0.25) is 4.79 Å². The number of hydrogen-bond acceptors (Lipinski definition) is 6. The van der Waals surface area contributed by atoms with Crippen molar-refractivity contribution in [2.24, 2.45) is 0 Å². The second-order valence-corrected chi connectivity index (χ2v) is 7.79. The van der Waals surface area contributed by atoms with E-state index in [0.717, 1.165) is 0 Å². The van der Waals surface area contributed by atoms with Gasteiger partial charge in [-0.15, -0.1) is 0 Å². The summed E-state index contributed by atoms with van der Waals surface area (Å²) < 4.78 is 33.8. The molecule has 0 aromatic heterocycles. The fraction of sp³-hybridized carbons (Fsp3) is 0.500. The van der Waals surface area contributed by atoms with Crippen molar-refractivity contribution in [3.05, 3.63) is 29.8 Å². The van der Waals surface area contributed by atoms with Gasteiger partial charge in [-0.1, -0.05) is 0 Å². The Kier molecular flexibility index (Phi) is 6.17. The Bertz CT molecular complexity index is 709. The first-order valence-electron chi connectivity index (χ1n) is 7.57. The molecule has 1 saturated heterocycles. The lowest BCUT2D eigenvalue weighted by Crippen LogP contribution is -2.45. The lowest BCUT2D eigenvalue weighted by atomic mass is 10.2. The predicted molar refractivity (Wildman–Crippen MR) is 87.3 cm³/mol. The molecule has 7 nitrogen and oxygen atoms in total. The monoisotopic (exact) mass is 352 g/mol. The van der Waals surface area contributed by atoms with Crippen LogP contribution in [0.15, 0.2) is 24.3 Å². The number of hydrogen-bond donors (Lipinski definition) is 0. The lowest BCUT2D eigenvalue weighted by molar-refractivity contribution is -0.136. The normalized spacial score (nSPS) is 18.8. The van der Waals surface area contributed by atoms with E-state index in [1.807, 2.05) is 6.07 Å². The lowest BCUT2D eigenvalue weighted by Gasteiger charge is -2.28. The molecule has 24 heavy (non-hydrogen) atoms. The summed E-state index contributed by atoms with van der Waals surface area (Å²) in [5, 5.41) is 8.75. The number of amides is 1. The van der Waals surface area contributed by atoms with E-state index >= 15 is 0 Å². The molecule has 0 bridgehead atoms. The molecule has 1 aliphatic heterocycles. The molecule has 130 valence electrons. The van der Waals surface area contributed by atoms with E-state index in [4.69, 9.17) is 14.7 Å². The Morgan fingerprint density at radius 3 is 2.62 bits per heavy atom. The molecule has 0 N–H and O–H groups in total. The van der Waals surface area contributed by atoms with Crippen LogP contribution in [0, 0.1) is 11.3 Å². The summed E-state index contributed by atoms with van der Waals surface area (Å²) in [5.74, 6) is 0.288. The Hall–Kier alpha value is -2.11. The number of carbonyl (C=O) groups is 1. The molecule has 8 heteroatoms. The number of ether oxygens (including phenoxy) is 2. The van der Waals surface area contributed by atoms with Gasteiger partial charge in [0.15, 0.2) is 16.4 Å². The number of carbonyl (C=O) groups excluding carboxylic acids is 1. The van der Waals surface area contributed by atoms with Crippen molar-refractivity contribution in [3.63, 3.8) is 0 Å². The molecular formula is C16H20N2O5S. The fourth-order valence-corrected chi connectivity index (χ4v) is 4.31. The highest BCUT2D eigenvalue weighted by Crippen LogP contribution is 2.18. The summed E-state index contributed by atoms with van der Waals surface area (Å²) in [7, 11) is -1.55. The minimum absolute atomic E-state index is 0.0146. The summed E-state index contributed by atoms with van der Waals surface area (Å²) in [6, 6.07) is 8.11. The first-order chi connectivity index (χ1) is 11.4. The molecule has 1 aliphatic rings. The summed E-state index contributed by atoms with van der Waals surface area (Å²) >= 11 is 0. The average Bonchev–Trinajstić information content (AvgIpc) is 2.93. The summed E-state index contributed by atoms with van der Waals surface area (Å²) in [6.45, 7) is 0.470. The Labute approximate surface area is 141 Å². The van der Waals surface area contributed by atoms with E-state index in [2.05, 4.69) is 0 Å². The maximum Gasteiger partial charge on any atom is 0.260 e. The zero-order chi connectivity index (χ0) is 17.6. The van der Waals surface area contributed by atoms with Crippen molar-refractivity contribution in [2.45, 2.75) is 12.5 Å². The van der Waals surface area contributed by atoms with Crippen molar-refractivity contribution in [3.8, 4) is 11.8 Å². The number of nitriles is 1. The largest absolute Gasteiger partial charge is 0.484 e. The summed E-state index contributed by atoms with van der Waals surface area (Å²) in [6.07, 6.45) is 0.439. The van der Waals surface area contributed by atoms with E-state index in [1.165, 1.54) is 12.0 Å². The molecule has 0 unspecified atom stereocenters. The molecule has 1 aromatic rings. The van der Waals surface area contributed by atoms with Crippen molar-refractivity contribution >= 4 is 15.7 Å². The van der Waals surface area contributed by atoms with Gasteiger partial charge in [0.25, 0.3) is 5.91 Å². The molecule has 2 rings (SSSR count). The van der Waals surface area contributed by atoms with Crippen molar-refractivity contribution in [1.82, 2.24) is 4.90 Å². The number of nitrogens with zero attached hydrogens (tertiary/aromatic N) is 2. The number of benzene rings is 1. The number of methoxy groups -OCH3 is 1. The topological polar surface area (TPSA) is 96.7 Å². The molecule has 0 radical (unpaired) electrons. The zero-order valence-electron chi connectivity index (χ0n) is 13.5. The van der Waals surface area contributed by atoms with E-state index in [0.29, 0.717) is 30.9 Å². The van der Waals surface area contributed by atoms with Gasteiger partial charge in [0.2, 0.25) is 0 Å². The van der Waals surface area contributed by atoms with Gasteiger partial charge in [0.1, 0.15) is 5.75 Å². The minimum Gasteiger partial charge on any atom is -0.484 e. The number of sulfone groups is 1. The molecule has 1 amide bonds. The molecule has 0 saturated carbocycles. The van der Waals surface area contributed by atoms with Crippen LogP contribution in [0.4, 0.5) is 0 Å². The third-order valence-corrected chi connectivity index (χ3v) is 5.60. The third kappa shape index (κ3) is 4.94. The first kappa shape index (κ1) is 18.2. The van der Waals surface area contributed by atoms with E-state index in [9.17, 15) is 13.2 Å². The highest BCUT2D eigenvalue weighted by atomic mass is 32.2. The van der Waals surface area contributed by atoms with Gasteiger partial charge in [-0.25, -0.2) is 8.42 Å². The first-order valence-corrected chi connectivity index (χ1v) is 9.39. The SMILES string of the molecule is COCCN(C(=O)COc1ccc(C#N)cc1)[C@@H]1CCS(=O)(=O)C1. The van der Waals surface area contributed by atoms with E-state index in [1.54, 1.807) is 24.3 Å². The second kappa shape index (κ2) is 8.13. The summed E-state index contributed by atoms with van der Waals surface area (Å²) in [4.78, 5) is 14.0. The molecule has 1 atom stereocenters. The maximum absolute atomic E-state index is 12.4. The van der Waals surface area contributed by atoms with E-state index in [-0.39, 0.29) is 30.1 Å². The van der Waals surface area contributed by atoms with Crippen LogP contribution in [0.3, 0.4) is 0 Å². The van der Waals surface area contributed by atoms with Gasteiger partial charge in [-0.05, 0) is 30.7 Å². The fourth-order valence-electron chi connectivity index (χ4n) is 2.58. The van der Waals surface area contributed by atoms with Crippen LogP contribution in [-0.2, 0) is 19.4 Å². The molecule has 0 spiro atoms. The molecule has 1 aromatic carbocycles. The zero-order valence-corrected chi connectivity index (χ0v) is 14.3. The van der Waals surface area contributed by atoms with Gasteiger partial charge in [-0.2, -0.15) is 5.26 Å². The smallest absolute Gasteiger partial charge is 0.260 e. The molecule has 1 heterocycles. The maximum atomic E-state index is 12.4. The van der Waals surface area contributed by atoms with Crippen molar-refractivity contribution in [1.29, 1.82) is 5.26 Å². The van der Waals surface area contributed by atoms with Crippen molar-refractivity contribution < 1.29 is 22.7 Å². The third-order valence-electron chi connectivity index (χ3n) is 3.85. The second-order valence-electron chi connectivity index (χ2n) is 5.56.